The van der Waals surface area contributed by atoms with Gasteiger partial charge < -0.3 is 15.2 Å². The van der Waals surface area contributed by atoms with Gasteiger partial charge in [-0.3, -0.25) is 4.79 Å². The Labute approximate surface area is 143 Å². The molecule has 0 radical (unpaired) electrons. The van der Waals surface area contributed by atoms with Crippen molar-refractivity contribution in [3.8, 4) is 0 Å². The molecule has 25 heavy (non-hydrogen) atoms. The summed E-state index contributed by atoms with van der Waals surface area (Å²) in [5, 5.41) is 11.6. The van der Waals surface area contributed by atoms with Crippen LogP contribution in [0.25, 0.3) is 0 Å². The Hall–Kier alpha value is -2.09. The third kappa shape index (κ3) is 4.94. The Morgan fingerprint density at radius 1 is 1.24 bits per heavy atom. The van der Waals surface area contributed by atoms with Crippen LogP contribution in [0.15, 0.2) is 18.2 Å². The van der Waals surface area contributed by atoms with Crippen molar-refractivity contribution < 1.29 is 32.6 Å². The van der Waals surface area contributed by atoms with E-state index in [4.69, 9.17) is 9.84 Å². The fourth-order valence-corrected chi connectivity index (χ4v) is 3.21. The molecule has 138 valence electrons. The first-order chi connectivity index (χ1) is 11.7. The highest BCUT2D eigenvalue weighted by Crippen LogP contribution is 2.41. The number of aromatic carboxylic acids is 1. The van der Waals surface area contributed by atoms with Crippen molar-refractivity contribution in [1.29, 1.82) is 0 Å². The lowest BCUT2D eigenvalue weighted by Gasteiger charge is -2.32. The maximum Gasteiger partial charge on any atom is 0.392 e. The van der Waals surface area contributed by atoms with Crippen LogP contribution in [0.2, 0.25) is 0 Å². The van der Waals surface area contributed by atoms with Gasteiger partial charge in [0.1, 0.15) is 0 Å². The van der Waals surface area contributed by atoms with Gasteiger partial charge in [-0.25, -0.2) is 4.79 Å². The van der Waals surface area contributed by atoms with Crippen LogP contribution in [0, 0.1) is 11.8 Å². The summed E-state index contributed by atoms with van der Waals surface area (Å²) in [5.41, 5.74) is 0.595. The average Bonchev–Trinajstić information content (AvgIpc) is 2.54. The van der Waals surface area contributed by atoms with E-state index in [-0.39, 0.29) is 30.7 Å². The number of hydrogen-bond acceptors (Lipinski definition) is 3. The molecule has 1 aromatic rings. The van der Waals surface area contributed by atoms with Crippen LogP contribution in [0.3, 0.4) is 0 Å². The van der Waals surface area contributed by atoms with Gasteiger partial charge in [0, 0.05) is 18.7 Å². The van der Waals surface area contributed by atoms with E-state index >= 15 is 0 Å². The fraction of sp³-hybridized carbons (Fsp3) is 0.529. The molecule has 2 N–H and O–H groups in total. The lowest BCUT2D eigenvalue weighted by molar-refractivity contribution is -0.197. The van der Waals surface area contributed by atoms with Crippen LogP contribution in [-0.4, -0.2) is 30.3 Å². The predicted octanol–water partition coefficient (Wildman–Crippen LogP) is 3.84. The van der Waals surface area contributed by atoms with Crippen molar-refractivity contribution in [2.45, 2.75) is 38.5 Å². The van der Waals surface area contributed by atoms with Gasteiger partial charge in [-0.15, -0.1) is 0 Å². The molecule has 0 saturated heterocycles. The first-order valence-electron chi connectivity index (χ1n) is 7.96. The third-order valence-electron chi connectivity index (χ3n) is 4.34. The summed E-state index contributed by atoms with van der Waals surface area (Å²) >= 11 is 0. The summed E-state index contributed by atoms with van der Waals surface area (Å²) in [7, 11) is 1.43. The molecule has 1 aromatic carbocycles. The second-order valence-electron chi connectivity index (χ2n) is 6.19. The van der Waals surface area contributed by atoms with Crippen molar-refractivity contribution in [1.82, 2.24) is 0 Å². The molecule has 1 aliphatic rings. The SMILES string of the molecule is COCc1cc(NC(=O)C2CCCCC2C(F)(F)F)cc(C(=O)O)c1. The van der Waals surface area contributed by atoms with Crippen molar-refractivity contribution in [2.24, 2.45) is 11.8 Å². The summed E-state index contributed by atoms with van der Waals surface area (Å²) in [6.07, 6.45) is -3.31. The molecule has 0 bridgehead atoms. The number of halogens is 3. The molecule has 8 heteroatoms. The van der Waals surface area contributed by atoms with Crippen LogP contribution in [0.1, 0.15) is 41.6 Å². The zero-order chi connectivity index (χ0) is 18.6. The number of carboxylic acids is 1. The molecule has 0 spiro atoms. The molecule has 0 aliphatic heterocycles. The molecule has 5 nitrogen and oxygen atoms in total. The van der Waals surface area contributed by atoms with Gasteiger partial charge >= 0.3 is 12.1 Å². The molecule has 1 fully saturated rings. The number of amides is 1. The van der Waals surface area contributed by atoms with E-state index in [1.165, 1.54) is 25.3 Å². The highest BCUT2D eigenvalue weighted by atomic mass is 19.4. The lowest BCUT2D eigenvalue weighted by atomic mass is 9.78. The number of ether oxygens (including phenoxy) is 1. The van der Waals surface area contributed by atoms with Gasteiger partial charge in [0.25, 0.3) is 0 Å². The van der Waals surface area contributed by atoms with Crippen molar-refractivity contribution in [3.63, 3.8) is 0 Å². The van der Waals surface area contributed by atoms with E-state index < -0.39 is 29.9 Å². The summed E-state index contributed by atoms with van der Waals surface area (Å²) in [6, 6.07) is 4.12. The van der Waals surface area contributed by atoms with Crippen LogP contribution >= 0.6 is 0 Å². The van der Waals surface area contributed by atoms with Gasteiger partial charge in [0.15, 0.2) is 0 Å². The van der Waals surface area contributed by atoms with Crippen LogP contribution < -0.4 is 5.32 Å². The smallest absolute Gasteiger partial charge is 0.392 e. The number of rotatable bonds is 5. The first kappa shape index (κ1) is 19.2. The van der Waals surface area contributed by atoms with E-state index in [9.17, 15) is 22.8 Å². The third-order valence-corrected chi connectivity index (χ3v) is 4.34. The number of carbonyl (C=O) groups excluding carboxylic acids is 1. The molecular weight excluding hydrogens is 339 g/mol. The van der Waals surface area contributed by atoms with Crippen molar-refractivity contribution >= 4 is 17.6 Å². The summed E-state index contributed by atoms with van der Waals surface area (Å²) in [4.78, 5) is 23.6. The topological polar surface area (TPSA) is 75.6 Å². The maximum absolute atomic E-state index is 13.2. The predicted molar refractivity (Wildman–Crippen MR) is 84.2 cm³/mol. The maximum atomic E-state index is 13.2. The van der Waals surface area contributed by atoms with Gasteiger partial charge in [-0.05, 0) is 36.6 Å². The molecule has 1 saturated carbocycles. The Kier molecular flexibility index (Phi) is 6.05. The van der Waals surface area contributed by atoms with Crippen molar-refractivity contribution in [2.75, 3.05) is 12.4 Å². The van der Waals surface area contributed by atoms with E-state index in [1.807, 2.05) is 0 Å². The van der Waals surface area contributed by atoms with Crippen molar-refractivity contribution in [3.05, 3.63) is 29.3 Å². The standard InChI is InChI=1S/C17H20F3NO4/c1-25-9-10-6-11(16(23)24)8-12(7-10)21-15(22)13-4-2-3-5-14(13)17(18,19)20/h6-8,13-14H,2-5,9H2,1H3,(H,21,22)(H,23,24). The number of alkyl halides is 3. The van der Waals surface area contributed by atoms with Crippen LogP contribution in [0.4, 0.5) is 18.9 Å². The van der Waals surface area contributed by atoms with E-state index in [0.29, 0.717) is 18.4 Å². The van der Waals surface area contributed by atoms with E-state index in [2.05, 4.69) is 5.32 Å². The van der Waals surface area contributed by atoms with Gasteiger partial charge in [0.2, 0.25) is 5.91 Å². The van der Waals surface area contributed by atoms with Gasteiger partial charge in [-0.2, -0.15) is 13.2 Å². The zero-order valence-electron chi connectivity index (χ0n) is 13.7. The molecule has 0 aromatic heterocycles. The van der Waals surface area contributed by atoms with Gasteiger partial charge in [-0.1, -0.05) is 12.8 Å². The molecule has 1 aliphatic carbocycles. The molecule has 1 amide bonds. The monoisotopic (exact) mass is 359 g/mol. The second kappa shape index (κ2) is 7.86. The number of carboxylic acid groups (broad SMARTS) is 1. The molecule has 2 atom stereocenters. The summed E-state index contributed by atoms with van der Waals surface area (Å²) in [6.45, 7) is 0.124. The first-order valence-corrected chi connectivity index (χ1v) is 7.96. The highest BCUT2D eigenvalue weighted by Gasteiger charge is 2.48. The Morgan fingerprint density at radius 2 is 1.92 bits per heavy atom. The highest BCUT2D eigenvalue weighted by molar-refractivity contribution is 5.95. The molecule has 0 heterocycles. The summed E-state index contributed by atoms with van der Waals surface area (Å²) < 4.78 is 44.4. The number of hydrogen-bond donors (Lipinski definition) is 2. The fourth-order valence-electron chi connectivity index (χ4n) is 3.21. The number of anilines is 1. The number of nitrogens with one attached hydrogen (secondary N) is 1. The second-order valence-corrected chi connectivity index (χ2v) is 6.19. The van der Waals surface area contributed by atoms with Crippen LogP contribution in [-0.2, 0) is 16.1 Å². The number of methoxy groups -OCH3 is 1. The average molecular weight is 359 g/mol. The summed E-state index contributed by atoms with van der Waals surface area (Å²) in [5.74, 6) is -4.75. The Balaban J connectivity index is 2.22. The number of carbonyl (C=O) groups is 2. The van der Waals surface area contributed by atoms with E-state index in [0.717, 1.165) is 0 Å². The largest absolute Gasteiger partial charge is 0.478 e. The minimum Gasteiger partial charge on any atom is -0.478 e. The van der Waals surface area contributed by atoms with E-state index in [1.54, 1.807) is 0 Å². The molecule has 2 rings (SSSR count). The Morgan fingerprint density at radius 3 is 2.52 bits per heavy atom. The minimum atomic E-state index is -4.42. The Bertz CT molecular complexity index is 645. The quantitative estimate of drug-likeness (QED) is 0.838. The molecule has 2 unspecified atom stereocenters. The zero-order valence-corrected chi connectivity index (χ0v) is 13.7. The van der Waals surface area contributed by atoms with Crippen LogP contribution in [0.5, 0.6) is 0 Å². The molecular formula is C17H20F3NO4. The lowest BCUT2D eigenvalue weighted by Crippen LogP contribution is -2.39. The normalized spacial score (nSPS) is 21.0. The van der Waals surface area contributed by atoms with Gasteiger partial charge in [0.05, 0.1) is 18.1 Å². The minimum absolute atomic E-state index is 0.0638. The number of benzene rings is 1.